The number of guanidine groups is 1. The lowest BCUT2D eigenvalue weighted by Crippen LogP contribution is -2.50. The SMILES string of the molecule is CN=C(NCc1nc(-c2ccco2)n[nH]1)NC1CCCN(Cc2ccc(F)cc2Cl)C1.I. The van der Waals surface area contributed by atoms with Crippen LogP contribution in [0.5, 0.6) is 0 Å². The number of rotatable bonds is 6. The average molecular weight is 574 g/mol. The molecule has 4 rings (SSSR count). The number of furan rings is 1. The standard InChI is InChI=1S/C21H25ClFN7O.HI/c1-24-21(25-11-19-27-20(29-28-19)18-5-3-9-31-18)26-16-4-2-8-30(13-16)12-14-6-7-15(23)10-17(14)22;/h3,5-7,9-10,16H,2,4,8,11-13H2,1H3,(H2,24,25,26)(H,27,28,29);1H. The molecule has 3 heterocycles. The first-order valence-corrected chi connectivity index (χ1v) is 10.6. The number of piperidine rings is 1. The fraction of sp³-hybridized carbons (Fsp3) is 0.381. The molecule has 3 aromatic rings. The molecule has 0 aliphatic carbocycles. The van der Waals surface area contributed by atoms with Crippen molar-refractivity contribution in [2.75, 3.05) is 20.1 Å². The van der Waals surface area contributed by atoms with E-state index in [9.17, 15) is 4.39 Å². The maximum atomic E-state index is 13.3. The number of benzene rings is 1. The van der Waals surface area contributed by atoms with Crippen molar-refractivity contribution < 1.29 is 8.81 Å². The van der Waals surface area contributed by atoms with Gasteiger partial charge in [0.05, 0.1) is 12.8 Å². The van der Waals surface area contributed by atoms with Gasteiger partial charge in [-0.05, 0) is 49.2 Å². The molecule has 172 valence electrons. The summed E-state index contributed by atoms with van der Waals surface area (Å²) in [6.07, 6.45) is 3.69. The Kier molecular flexibility index (Phi) is 8.88. The van der Waals surface area contributed by atoms with Crippen molar-refractivity contribution in [2.45, 2.75) is 32.0 Å². The molecule has 1 aromatic carbocycles. The topological polar surface area (TPSA) is 94.4 Å². The summed E-state index contributed by atoms with van der Waals surface area (Å²) in [4.78, 5) is 11.1. The van der Waals surface area contributed by atoms with Gasteiger partial charge in [0.25, 0.3) is 0 Å². The van der Waals surface area contributed by atoms with Gasteiger partial charge in [-0.2, -0.15) is 0 Å². The number of H-pyrrole nitrogens is 1. The summed E-state index contributed by atoms with van der Waals surface area (Å²) in [6.45, 7) is 2.97. The van der Waals surface area contributed by atoms with Crippen molar-refractivity contribution in [3.05, 3.63) is 58.8 Å². The third-order valence-corrected chi connectivity index (χ3v) is 5.53. The molecule has 0 amide bonds. The van der Waals surface area contributed by atoms with E-state index in [1.807, 2.05) is 6.07 Å². The summed E-state index contributed by atoms with van der Waals surface area (Å²) in [7, 11) is 1.74. The number of halogens is 3. The number of hydrogen-bond donors (Lipinski definition) is 3. The van der Waals surface area contributed by atoms with E-state index in [1.165, 1.54) is 12.1 Å². The smallest absolute Gasteiger partial charge is 0.216 e. The molecule has 1 fully saturated rings. The minimum absolute atomic E-state index is 0. The van der Waals surface area contributed by atoms with Crippen LogP contribution in [0, 0.1) is 5.82 Å². The summed E-state index contributed by atoms with van der Waals surface area (Å²) < 4.78 is 18.6. The molecule has 0 bridgehead atoms. The Morgan fingerprint density at radius 1 is 1.41 bits per heavy atom. The number of hydrogen-bond acceptors (Lipinski definition) is 5. The Balaban J connectivity index is 0.00000289. The van der Waals surface area contributed by atoms with Gasteiger partial charge in [0.1, 0.15) is 11.6 Å². The van der Waals surface area contributed by atoms with Gasteiger partial charge in [0.15, 0.2) is 11.7 Å². The van der Waals surface area contributed by atoms with Gasteiger partial charge in [-0.25, -0.2) is 9.37 Å². The van der Waals surface area contributed by atoms with Gasteiger partial charge in [-0.1, -0.05) is 17.7 Å². The third-order valence-electron chi connectivity index (χ3n) is 5.18. The number of nitrogens with one attached hydrogen (secondary N) is 3. The Bertz CT molecular complexity index is 1030. The third kappa shape index (κ3) is 6.42. The molecule has 11 heteroatoms. The van der Waals surface area contributed by atoms with E-state index in [0.29, 0.717) is 41.5 Å². The fourth-order valence-corrected chi connectivity index (χ4v) is 3.88. The molecule has 0 spiro atoms. The van der Waals surface area contributed by atoms with Gasteiger partial charge < -0.3 is 15.1 Å². The minimum Gasteiger partial charge on any atom is -0.461 e. The molecule has 1 aliphatic rings. The number of likely N-dealkylation sites (tertiary alicyclic amines) is 1. The zero-order valence-electron chi connectivity index (χ0n) is 17.6. The van der Waals surface area contributed by atoms with E-state index in [4.69, 9.17) is 16.0 Å². The van der Waals surface area contributed by atoms with Gasteiger partial charge in [0.2, 0.25) is 5.82 Å². The first kappa shape index (κ1) is 24.5. The molecular weight excluding hydrogens is 548 g/mol. The summed E-state index contributed by atoms with van der Waals surface area (Å²) in [6, 6.07) is 8.43. The number of aromatic amines is 1. The maximum Gasteiger partial charge on any atom is 0.216 e. The molecule has 1 aliphatic heterocycles. The van der Waals surface area contributed by atoms with Crippen molar-refractivity contribution in [2.24, 2.45) is 4.99 Å². The van der Waals surface area contributed by atoms with Crippen molar-refractivity contribution in [1.82, 2.24) is 30.7 Å². The summed E-state index contributed by atoms with van der Waals surface area (Å²) >= 11 is 6.19. The van der Waals surface area contributed by atoms with Crippen molar-refractivity contribution in [3.8, 4) is 11.6 Å². The predicted molar refractivity (Wildman–Crippen MR) is 133 cm³/mol. The Morgan fingerprint density at radius 3 is 3.03 bits per heavy atom. The van der Waals surface area contributed by atoms with Gasteiger partial charge >= 0.3 is 0 Å². The molecule has 0 radical (unpaired) electrons. The molecule has 3 N–H and O–H groups in total. The summed E-state index contributed by atoms with van der Waals surface area (Å²) in [5, 5.41) is 14.3. The Morgan fingerprint density at radius 2 is 2.28 bits per heavy atom. The zero-order chi connectivity index (χ0) is 21.6. The lowest BCUT2D eigenvalue weighted by Gasteiger charge is -2.34. The molecule has 1 atom stereocenters. The lowest BCUT2D eigenvalue weighted by atomic mass is 10.0. The van der Waals surface area contributed by atoms with Crippen LogP contribution < -0.4 is 10.6 Å². The van der Waals surface area contributed by atoms with Crippen LogP contribution in [0.2, 0.25) is 5.02 Å². The number of aromatic nitrogens is 3. The zero-order valence-corrected chi connectivity index (χ0v) is 20.7. The predicted octanol–water partition coefficient (Wildman–Crippen LogP) is 3.80. The molecule has 8 nitrogen and oxygen atoms in total. The average Bonchev–Trinajstić information content (AvgIpc) is 3.45. The second kappa shape index (κ2) is 11.6. The minimum atomic E-state index is -0.315. The van der Waals surface area contributed by atoms with Crippen molar-refractivity contribution in [3.63, 3.8) is 0 Å². The van der Waals surface area contributed by atoms with E-state index < -0.39 is 0 Å². The van der Waals surface area contributed by atoms with Crippen LogP contribution in [0.15, 0.2) is 46.0 Å². The first-order chi connectivity index (χ1) is 15.1. The summed E-state index contributed by atoms with van der Waals surface area (Å²) in [5.41, 5.74) is 0.934. The van der Waals surface area contributed by atoms with Crippen LogP contribution in [0.4, 0.5) is 4.39 Å². The highest BCUT2D eigenvalue weighted by atomic mass is 127. The molecule has 0 saturated carbocycles. The highest BCUT2D eigenvalue weighted by Gasteiger charge is 2.21. The van der Waals surface area contributed by atoms with E-state index >= 15 is 0 Å². The molecule has 1 unspecified atom stereocenters. The largest absolute Gasteiger partial charge is 0.461 e. The first-order valence-electron chi connectivity index (χ1n) is 10.2. The van der Waals surface area contributed by atoms with E-state index in [0.717, 1.165) is 31.5 Å². The second-order valence-corrected chi connectivity index (χ2v) is 7.87. The molecular formula is C21H26ClFIN7O. The van der Waals surface area contributed by atoms with E-state index in [-0.39, 0.29) is 35.8 Å². The van der Waals surface area contributed by atoms with Gasteiger partial charge in [0, 0.05) is 31.2 Å². The van der Waals surface area contributed by atoms with Crippen molar-refractivity contribution in [1.29, 1.82) is 0 Å². The highest BCUT2D eigenvalue weighted by Crippen LogP contribution is 2.21. The Hall–Kier alpha value is -2.18. The fourth-order valence-electron chi connectivity index (χ4n) is 3.65. The van der Waals surface area contributed by atoms with Crippen LogP contribution in [0.3, 0.4) is 0 Å². The quantitative estimate of drug-likeness (QED) is 0.236. The Labute approximate surface area is 208 Å². The van der Waals surface area contributed by atoms with Crippen molar-refractivity contribution >= 4 is 41.5 Å². The van der Waals surface area contributed by atoms with Crippen LogP contribution in [0.1, 0.15) is 24.2 Å². The number of aliphatic imine (C=N–C) groups is 1. The molecule has 32 heavy (non-hydrogen) atoms. The molecule has 1 saturated heterocycles. The van der Waals surface area contributed by atoms with E-state index in [2.05, 4.69) is 35.7 Å². The normalized spacial score (nSPS) is 17.1. The second-order valence-electron chi connectivity index (χ2n) is 7.46. The van der Waals surface area contributed by atoms with Gasteiger partial charge in [-0.15, -0.1) is 29.1 Å². The number of nitrogens with zero attached hydrogens (tertiary/aromatic N) is 4. The van der Waals surface area contributed by atoms with Crippen LogP contribution in [-0.4, -0.2) is 52.2 Å². The lowest BCUT2D eigenvalue weighted by molar-refractivity contribution is 0.192. The van der Waals surface area contributed by atoms with Crippen LogP contribution >= 0.6 is 35.6 Å². The maximum absolute atomic E-state index is 13.3. The van der Waals surface area contributed by atoms with Crippen LogP contribution in [-0.2, 0) is 13.1 Å². The summed E-state index contributed by atoms with van der Waals surface area (Å²) in [5.74, 6) is 2.21. The highest BCUT2D eigenvalue weighted by molar-refractivity contribution is 14.0. The van der Waals surface area contributed by atoms with Crippen LogP contribution in [0.25, 0.3) is 11.6 Å². The van der Waals surface area contributed by atoms with E-state index in [1.54, 1.807) is 25.4 Å². The van der Waals surface area contributed by atoms with Gasteiger partial charge in [-0.3, -0.25) is 15.0 Å². The molecule has 2 aromatic heterocycles. The monoisotopic (exact) mass is 573 g/mol.